The van der Waals surface area contributed by atoms with Crippen molar-refractivity contribution in [3.63, 3.8) is 0 Å². The average Bonchev–Trinajstić information content (AvgIpc) is 3.11. The molecule has 1 saturated heterocycles. The first-order chi connectivity index (χ1) is 11.1. The highest BCUT2D eigenvalue weighted by atomic mass is 32.1. The van der Waals surface area contributed by atoms with E-state index in [1.807, 2.05) is 17.5 Å². The number of piperidine rings is 1. The van der Waals surface area contributed by atoms with Gasteiger partial charge in [0.05, 0.1) is 4.88 Å². The smallest absolute Gasteiger partial charge is 0.263 e. The van der Waals surface area contributed by atoms with Crippen LogP contribution in [0.2, 0.25) is 0 Å². The Morgan fingerprint density at radius 2 is 2.04 bits per heavy atom. The highest BCUT2D eigenvalue weighted by Gasteiger charge is 2.28. The van der Waals surface area contributed by atoms with Crippen molar-refractivity contribution in [1.82, 2.24) is 9.88 Å². The van der Waals surface area contributed by atoms with Crippen LogP contribution in [0.15, 0.2) is 35.8 Å². The Balaban J connectivity index is 1.55. The van der Waals surface area contributed by atoms with Crippen LogP contribution in [-0.2, 0) is 4.79 Å². The summed E-state index contributed by atoms with van der Waals surface area (Å²) in [5.74, 6) is -0.187. The summed E-state index contributed by atoms with van der Waals surface area (Å²) in [4.78, 5) is 31.0. The van der Waals surface area contributed by atoms with Crippen LogP contribution in [0, 0.1) is 5.92 Å². The SMILES string of the molecule is O=C(Nc1ncccc1O)C1CCN(C(=O)c2cccs2)CC1. The van der Waals surface area contributed by atoms with Crippen molar-refractivity contribution >= 4 is 29.0 Å². The van der Waals surface area contributed by atoms with E-state index in [1.165, 1.54) is 23.6 Å². The van der Waals surface area contributed by atoms with Gasteiger partial charge in [-0.3, -0.25) is 9.59 Å². The molecule has 0 aliphatic carbocycles. The molecule has 0 atom stereocenters. The second-order valence-electron chi connectivity index (χ2n) is 5.40. The van der Waals surface area contributed by atoms with E-state index in [2.05, 4.69) is 10.3 Å². The Morgan fingerprint density at radius 3 is 2.70 bits per heavy atom. The molecule has 3 heterocycles. The van der Waals surface area contributed by atoms with E-state index in [0.717, 1.165) is 4.88 Å². The fourth-order valence-corrected chi connectivity index (χ4v) is 3.30. The second kappa shape index (κ2) is 6.78. The van der Waals surface area contributed by atoms with E-state index in [1.54, 1.807) is 11.0 Å². The second-order valence-corrected chi connectivity index (χ2v) is 6.35. The summed E-state index contributed by atoms with van der Waals surface area (Å²) in [5.41, 5.74) is 0. The summed E-state index contributed by atoms with van der Waals surface area (Å²) in [6.45, 7) is 1.12. The summed E-state index contributed by atoms with van der Waals surface area (Å²) in [6, 6.07) is 6.75. The van der Waals surface area contributed by atoms with Gasteiger partial charge < -0.3 is 15.3 Å². The first-order valence-corrected chi connectivity index (χ1v) is 8.31. The number of amides is 2. The third-order valence-electron chi connectivity index (χ3n) is 3.91. The lowest BCUT2D eigenvalue weighted by Crippen LogP contribution is -2.41. The van der Waals surface area contributed by atoms with E-state index in [-0.39, 0.29) is 29.3 Å². The molecule has 3 rings (SSSR count). The standard InChI is InChI=1S/C16H17N3O3S/c20-12-3-1-7-17-14(12)18-15(21)11-5-8-19(9-6-11)16(22)13-4-2-10-23-13/h1-4,7,10-11,20H,5-6,8-9H2,(H,17,18,21). The van der Waals surface area contributed by atoms with Crippen LogP contribution in [0.25, 0.3) is 0 Å². The van der Waals surface area contributed by atoms with Crippen LogP contribution >= 0.6 is 11.3 Å². The molecule has 0 unspecified atom stereocenters. The van der Waals surface area contributed by atoms with Crippen LogP contribution < -0.4 is 5.32 Å². The van der Waals surface area contributed by atoms with Gasteiger partial charge in [-0.05, 0) is 36.4 Å². The van der Waals surface area contributed by atoms with Gasteiger partial charge in [-0.15, -0.1) is 11.3 Å². The molecular weight excluding hydrogens is 314 g/mol. The number of nitrogens with one attached hydrogen (secondary N) is 1. The maximum absolute atomic E-state index is 12.3. The zero-order valence-corrected chi connectivity index (χ0v) is 13.3. The highest BCUT2D eigenvalue weighted by Crippen LogP contribution is 2.24. The summed E-state index contributed by atoms with van der Waals surface area (Å²) in [6.07, 6.45) is 2.73. The van der Waals surface area contributed by atoms with Crippen molar-refractivity contribution in [2.75, 3.05) is 18.4 Å². The minimum absolute atomic E-state index is 0.0289. The number of rotatable bonds is 3. The third-order valence-corrected chi connectivity index (χ3v) is 4.77. The number of anilines is 1. The first kappa shape index (κ1) is 15.5. The van der Waals surface area contributed by atoms with E-state index in [9.17, 15) is 14.7 Å². The molecule has 0 radical (unpaired) electrons. The van der Waals surface area contributed by atoms with Crippen LogP contribution in [-0.4, -0.2) is 39.9 Å². The molecule has 6 nitrogen and oxygen atoms in total. The Bertz CT molecular complexity index is 694. The number of pyridine rings is 1. The zero-order chi connectivity index (χ0) is 16.2. The van der Waals surface area contributed by atoms with E-state index >= 15 is 0 Å². The predicted molar refractivity (Wildman–Crippen MR) is 87.5 cm³/mol. The van der Waals surface area contributed by atoms with Gasteiger partial charge >= 0.3 is 0 Å². The van der Waals surface area contributed by atoms with Crippen molar-refractivity contribution in [3.05, 3.63) is 40.7 Å². The fourth-order valence-electron chi connectivity index (χ4n) is 2.61. The summed E-state index contributed by atoms with van der Waals surface area (Å²) >= 11 is 1.43. The molecular formula is C16H17N3O3S. The van der Waals surface area contributed by atoms with Crippen molar-refractivity contribution in [3.8, 4) is 5.75 Å². The first-order valence-electron chi connectivity index (χ1n) is 7.43. The molecule has 2 aromatic rings. The summed E-state index contributed by atoms with van der Waals surface area (Å²) < 4.78 is 0. The molecule has 2 N–H and O–H groups in total. The molecule has 1 fully saturated rings. The van der Waals surface area contributed by atoms with Crippen LogP contribution in [0.1, 0.15) is 22.5 Å². The maximum Gasteiger partial charge on any atom is 0.263 e. The predicted octanol–water partition coefficient (Wildman–Crippen LogP) is 2.34. The highest BCUT2D eigenvalue weighted by molar-refractivity contribution is 7.12. The molecule has 0 saturated carbocycles. The van der Waals surface area contributed by atoms with Gasteiger partial charge in [-0.25, -0.2) is 4.98 Å². The van der Waals surface area contributed by atoms with Gasteiger partial charge in [-0.2, -0.15) is 0 Å². The number of nitrogens with zero attached hydrogens (tertiary/aromatic N) is 2. The van der Waals surface area contributed by atoms with Gasteiger partial charge in [0.2, 0.25) is 5.91 Å². The number of aromatic hydroxyl groups is 1. The molecule has 0 aromatic carbocycles. The minimum Gasteiger partial charge on any atom is -0.504 e. The number of carbonyl (C=O) groups excluding carboxylic acids is 2. The number of thiophene rings is 1. The van der Waals surface area contributed by atoms with E-state index in [0.29, 0.717) is 25.9 Å². The Labute approximate surface area is 137 Å². The Morgan fingerprint density at radius 1 is 1.26 bits per heavy atom. The molecule has 7 heteroatoms. The number of carbonyl (C=O) groups is 2. The van der Waals surface area contributed by atoms with Gasteiger partial charge in [0.15, 0.2) is 11.6 Å². The Hall–Kier alpha value is -2.41. The normalized spacial score (nSPS) is 15.4. The van der Waals surface area contributed by atoms with Crippen molar-refractivity contribution < 1.29 is 14.7 Å². The maximum atomic E-state index is 12.3. The summed E-state index contributed by atoms with van der Waals surface area (Å²) in [5, 5.41) is 14.2. The zero-order valence-electron chi connectivity index (χ0n) is 12.4. The molecule has 0 spiro atoms. The molecule has 2 aromatic heterocycles. The third kappa shape index (κ3) is 3.50. The van der Waals surface area contributed by atoms with Crippen LogP contribution in [0.3, 0.4) is 0 Å². The monoisotopic (exact) mass is 331 g/mol. The van der Waals surface area contributed by atoms with E-state index < -0.39 is 0 Å². The Kier molecular flexibility index (Phi) is 4.57. The number of hydrogen-bond acceptors (Lipinski definition) is 5. The largest absolute Gasteiger partial charge is 0.504 e. The quantitative estimate of drug-likeness (QED) is 0.904. The van der Waals surface area contributed by atoms with Crippen molar-refractivity contribution in [2.45, 2.75) is 12.8 Å². The van der Waals surface area contributed by atoms with E-state index in [4.69, 9.17) is 0 Å². The minimum atomic E-state index is -0.177. The van der Waals surface area contributed by atoms with Crippen LogP contribution in [0.4, 0.5) is 5.82 Å². The molecule has 2 amide bonds. The topological polar surface area (TPSA) is 82.5 Å². The van der Waals surface area contributed by atoms with Gasteiger partial charge in [0, 0.05) is 25.2 Å². The molecule has 23 heavy (non-hydrogen) atoms. The molecule has 1 aliphatic heterocycles. The fraction of sp³-hybridized carbons (Fsp3) is 0.312. The van der Waals surface area contributed by atoms with Gasteiger partial charge in [0.1, 0.15) is 0 Å². The molecule has 120 valence electrons. The molecule has 1 aliphatic rings. The lowest BCUT2D eigenvalue weighted by Gasteiger charge is -2.31. The number of aromatic nitrogens is 1. The van der Waals surface area contributed by atoms with Crippen molar-refractivity contribution in [2.24, 2.45) is 5.92 Å². The lowest BCUT2D eigenvalue weighted by atomic mass is 9.96. The number of hydrogen-bond donors (Lipinski definition) is 2. The number of likely N-dealkylation sites (tertiary alicyclic amines) is 1. The van der Waals surface area contributed by atoms with Crippen LogP contribution in [0.5, 0.6) is 5.75 Å². The van der Waals surface area contributed by atoms with Gasteiger partial charge in [-0.1, -0.05) is 6.07 Å². The summed E-state index contributed by atoms with van der Waals surface area (Å²) in [7, 11) is 0. The van der Waals surface area contributed by atoms with Gasteiger partial charge in [0.25, 0.3) is 5.91 Å². The van der Waals surface area contributed by atoms with Crippen molar-refractivity contribution in [1.29, 1.82) is 0 Å². The average molecular weight is 331 g/mol. The molecule has 0 bridgehead atoms. The lowest BCUT2D eigenvalue weighted by molar-refractivity contribution is -0.121.